The van der Waals surface area contributed by atoms with Crippen LogP contribution in [0, 0.1) is 0 Å². The van der Waals surface area contributed by atoms with Crippen LogP contribution >= 0.6 is 11.8 Å². The first-order valence-corrected chi connectivity index (χ1v) is 15.8. The molecule has 6 rings (SSSR count). The second-order valence-corrected chi connectivity index (χ2v) is 12.0. The molecule has 2 heterocycles. The van der Waals surface area contributed by atoms with Gasteiger partial charge in [-0.2, -0.15) is 0 Å². The Morgan fingerprint density at radius 2 is 1.61 bits per heavy atom. The molecule has 11 heteroatoms. The maximum Gasteiger partial charge on any atom is 0.255 e. The number of carbonyl (C=O) groups excluding carboxylic acids is 2. The van der Waals surface area contributed by atoms with Gasteiger partial charge in [-0.1, -0.05) is 90.6 Å². The summed E-state index contributed by atoms with van der Waals surface area (Å²) in [5.41, 5.74) is 4.95. The molecule has 4 unspecified atom stereocenters. The fraction of sp³-hybridized carbons (Fsp3) is 0.229. The molecule has 1 saturated heterocycles. The third-order valence-electron chi connectivity index (χ3n) is 7.88. The van der Waals surface area contributed by atoms with E-state index in [1.54, 1.807) is 54.2 Å². The van der Waals surface area contributed by atoms with Crippen molar-refractivity contribution in [3.8, 4) is 0 Å². The first-order chi connectivity index (χ1) is 22.4. The van der Waals surface area contributed by atoms with E-state index in [1.165, 1.54) is 18.7 Å². The van der Waals surface area contributed by atoms with Crippen LogP contribution in [-0.2, 0) is 23.1 Å². The van der Waals surface area contributed by atoms with Crippen molar-refractivity contribution in [2.24, 2.45) is 7.05 Å². The minimum absolute atomic E-state index is 0.0570. The van der Waals surface area contributed by atoms with Crippen molar-refractivity contribution in [1.29, 1.82) is 0 Å². The molecule has 2 N–H and O–H groups in total. The smallest absolute Gasteiger partial charge is 0.255 e. The van der Waals surface area contributed by atoms with Crippen LogP contribution in [0.3, 0.4) is 0 Å². The average molecular weight is 636 g/mol. The van der Waals surface area contributed by atoms with E-state index < -0.39 is 12.4 Å². The van der Waals surface area contributed by atoms with Crippen LogP contribution in [0.1, 0.15) is 68.2 Å². The van der Waals surface area contributed by atoms with Crippen LogP contribution in [0.4, 0.5) is 5.69 Å². The highest BCUT2D eigenvalue weighted by Crippen LogP contribution is 2.48. The number of ketones is 1. The average Bonchev–Trinajstić information content (AvgIpc) is 3.51. The summed E-state index contributed by atoms with van der Waals surface area (Å²) in [6, 6.07) is 31.9. The van der Waals surface area contributed by atoms with Gasteiger partial charge in [0.05, 0.1) is 18.8 Å². The lowest BCUT2D eigenvalue weighted by molar-refractivity contribution is -0.255. The highest BCUT2D eigenvalue weighted by Gasteiger charge is 2.42. The molecule has 0 saturated carbocycles. The number of aromatic nitrogens is 4. The number of benzene rings is 4. The Morgan fingerprint density at radius 1 is 0.870 bits per heavy atom. The predicted octanol–water partition coefficient (Wildman–Crippen LogP) is 5.89. The third-order valence-corrected chi connectivity index (χ3v) is 8.98. The molecule has 1 fully saturated rings. The number of ether oxygens (including phenoxy) is 2. The summed E-state index contributed by atoms with van der Waals surface area (Å²) in [5.74, 6) is -0.0576. The van der Waals surface area contributed by atoms with Gasteiger partial charge < -0.3 is 19.9 Å². The lowest BCUT2D eigenvalue weighted by Gasteiger charge is -2.43. The highest BCUT2D eigenvalue weighted by atomic mass is 32.2. The Bertz CT molecular complexity index is 1810. The predicted molar refractivity (Wildman–Crippen MR) is 173 cm³/mol. The molecule has 234 valence electrons. The van der Waals surface area contributed by atoms with Gasteiger partial charge in [-0.15, -0.1) is 5.10 Å². The normalized spacial score (nSPS) is 19.5. The zero-order chi connectivity index (χ0) is 32.0. The summed E-state index contributed by atoms with van der Waals surface area (Å²) in [6.45, 7) is 1.43. The maximum atomic E-state index is 13.3. The van der Waals surface area contributed by atoms with Crippen LogP contribution in [0.5, 0.6) is 0 Å². The van der Waals surface area contributed by atoms with Crippen molar-refractivity contribution in [1.82, 2.24) is 20.2 Å². The van der Waals surface area contributed by atoms with Gasteiger partial charge in [-0.25, -0.2) is 4.68 Å². The molecule has 5 aromatic rings. The number of aryl methyl sites for hydroxylation is 1. The largest absolute Gasteiger partial charge is 0.392 e. The Kier molecular flexibility index (Phi) is 9.65. The highest BCUT2D eigenvalue weighted by molar-refractivity contribution is 7.99. The quantitative estimate of drug-likeness (QED) is 0.143. The SMILES string of the molecule is CC(=O)c1cccc(NC(=O)c2cccc(C3OC(CSc4nnnn4C)C(c4ccccc4)C(c4ccc(CO)cc4)O3)c2)c1. The minimum Gasteiger partial charge on any atom is -0.392 e. The van der Waals surface area contributed by atoms with Crippen molar-refractivity contribution in [2.75, 3.05) is 11.1 Å². The molecule has 46 heavy (non-hydrogen) atoms. The molecule has 4 aromatic carbocycles. The van der Waals surface area contributed by atoms with Crippen molar-refractivity contribution >= 4 is 29.1 Å². The number of thioether (sulfide) groups is 1. The van der Waals surface area contributed by atoms with Crippen molar-refractivity contribution < 1.29 is 24.2 Å². The molecule has 10 nitrogen and oxygen atoms in total. The number of aliphatic hydroxyl groups is 1. The summed E-state index contributed by atoms with van der Waals surface area (Å²) in [5, 5.41) is 25.1. The van der Waals surface area contributed by atoms with Crippen LogP contribution in [0.2, 0.25) is 0 Å². The van der Waals surface area contributed by atoms with Crippen LogP contribution in [-0.4, -0.2) is 48.9 Å². The van der Waals surface area contributed by atoms with Crippen molar-refractivity contribution in [3.05, 3.63) is 137 Å². The Labute approximate surface area is 270 Å². The topological polar surface area (TPSA) is 128 Å². The van der Waals surface area contributed by atoms with Gasteiger partial charge in [0.25, 0.3) is 5.91 Å². The molecule has 1 aliphatic rings. The van der Waals surface area contributed by atoms with Crippen LogP contribution in [0.25, 0.3) is 0 Å². The zero-order valence-electron chi connectivity index (χ0n) is 25.3. The van der Waals surface area contributed by atoms with Crippen molar-refractivity contribution in [3.63, 3.8) is 0 Å². The number of hydrogen-bond acceptors (Lipinski definition) is 9. The molecular weight excluding hydrogens is 602 g/mol. The van der Waals surface area contributed by atoms with E-state index >= 15 is 0 Å². The maximum absolute atomic E-state index is 13.3. The number of hydrogen-bond donors (Lipinski definition) is 2. The van der Waals surface area contributed by atoms with Gasteiger partial charge in [0.1, 0.15) is 0 Å². The zero-order valence-corrected chi connectivity index (χ0v) is 26.1. The number of rotatable bonds is 10. The molecule has 1 aromatic heterocycles. The molecule has 4 atom stereocenters. The van der Waals surface area contributed by atoms with Crippen molar-refractivity contribution in [2.45, 2.75) is 43.1 Å². The summed E-state index contributed by atoms with van der Waals surface area (Å²) in [7, 11) is 1.79. The fourth-order valence-corrected chi connectivity index (χ4v) is 6.41. The van der Waals surface area contributed by atoms with E-state index in [0.717, 1.165) is 16.7 Å². The molecule has 0 aliphatic carbocycles. The number of nitrogens with zero attached hydrogens (tertiary/aromatic N) is 4. The first-order valence-electron chi connectivity index (χ1n) is 14.8. The number of tetrazole rings is 1. The van der Waals surface area contributed by atoms with Gasteiger partial charge in [-0.05, 0) is 58.3 Å². The fourth-order valence-electron chi connectivity index (χ4n) is 5.50. The number of carbonyl (C=O) groups is 2. The second kappa shape index (κ2) is 14.2. The summed E-state index contributed by atoms with van der Waals surface area (Å²) >= 11 is 1.50. The Balaban J connectivity index is 1.33. The Hall–Kier alpha value is -4.68. The molecule has 1 amide bonds. The molecule has 0 spiro atoms. The van der Waals surface area contributed by atoms with Gasteiger partial charge in [-0.3, -0.25) is 9.59 Å². The van der Waals surface area contributed by atoms with Gasteiger partial charge in [0.15, 0.2) is 12.1 Å². The first kappa shape index (κ1) is 31.3. The lowest BCUT2D eigenvalue weighted by atomic mass is 9.84. The summed E-state index contributed by atoms with van der Waals surface area (Å²) in [6.07, 6.45) is -1.54. The van der Waals surface area contributed by atoms with Crippen LogP contribution in [0.15, 0.2) is 108 Å². The number of Topliss-reactive ketones (excluding diaryl/α,β-unsaturated/α-hetero) is 1. The number of aliphatic hydroxyl groups excluding tert-OH is 1. The number of anilines is 1. The van der Waals surface area contributed by atoms with E-state index in [2.05, 4.69) is 33.0 Å². The van der Waals surface area contributed by atoms with E-state index in [-0.39, 0.29) is 30.3 Å². The van der Waals surface area contributed by atoms with E-state index in [1.807, 2.05) is 48.5 Å². The van der Waals surface area contributed by atoms with E-state index in [0.29, 0.717) is 33.3 Å². The summed E-state index contributed by atoms with van der Waals surface area (Å²) in [4.78, 5) is 25.2. The van der Waals surface area contributed by atoms with Gasteiger partial charge in [0, 0.05) is 41.1 Å². The van der Waals surface area contributed by atoms with Gasteiger partial charge in [0.2, 0.25) is 5.16 Å². The minimum atomic E-state index is -0.792. The van der Waals surface area contributed by atoms with E-state index in [4.69, 9.17) is 9.47 Å². The molecule has 0 bridgehead atoms. The number of nitrogens with one attached hydrogen (secondary N) is 1. The number of amides is 1. The Morgan fingerprint density at radius 3 is 2.33 bits per heavy atom. The standard InChI is InChI=1S/C35H33N5O5S/c1-22(42)26-10-7-13-29(19-26)36-33(43)27-11-6-12-28(18-27)34-44-30(21-46-35-37-38-39-40(35)2)31(24-8-4-3-5-9-24)32(45-34)25-16-14-23(20-41)15-17-25/h3-19,30-32,34,41H,20-21H2,1-2H3,(H,36,43). The van der Waals surface area contributed by atoms with Crippen LogP contribution < -0.4 is 5.32 Å². The summed E-state index contributed by atoms with van der Waals surface area (Å²) < 4.78 is 15.1. The molecule has 0 radical (unpaired) electrons. The third kappa shape index (κ3) is 7.08. The monoisotopic (exact) mass is 635 g/mol. The molecule has 1 aliphatic heterocycles. The molecular formula is C35H33N5O5S. The lowest BCUT2D eigenvalue weighted by Crippen LogP contribution is -2.38. The van der Waals surface area contributed by atoms with E-state index in [9.17, 15) is 14.7 Å². The second-order valence-electron chi connectivity index (χ2n) is 11.0. The van der Waals surface area contributed by atoms with Gasteiger partial charge >= 0.3 is 0 Å².